The van der Waals surface area contributed by atoms with Crippen LogP contribution in [0, 0.1) is 0 Å². The molecule has 26 heavy (non-hydrogen) atoms. The second kappa shape index (κ2) is 4.76. The number of aryl methyl sites for hydroxylation is 1. The van der Waals surface area contributed by atoms with Crippen molar-refractivity contribution in [1.82, 2.24) is 9.88 Å². The average Bonchev–Trinajstić information content (AvgIpc) is 3.32. The van der Waals surface area contributed by atoms with Gasteiger partial charge < -0.3 is 9.88 Å². The summed E-state index contributed by atoms with van der Waals surface area (Å²) in [4.78, 5) is 12.8. The van der Waals surface area contributed by atoms with Gasteiger partial charge in [-0.2, -0.15) is 0 Å². The molecule has 0 fully saturated rings. The predicted octanol–water partition coefficient (Wildman–Crippen LogP) is 4.63. The number of rotatable bonds is 1. The fraction of sp³-hybridized carbons (Fsp3) is 0.174. The van der Waals surface area contributed by atoms with Crippen LogP contribution in [-0.2, 0) is 19.5 Å². The number of para-hydroxylation sites is 1. The normalized spacial score (nSPS) is 14.6. The van der Waals surface area contributed by atoms with Crippen LogP contribution in [0.4, 0.5) is 0 Å². The van der Waals surface area contributed by atoms with Gasteiger partial charge in [-0.05, 0) is 35.2 Å². The van der Waals surface area contributed by atoms with Crippen molar-refractivity contribution in [2.75, 3.05) is 0 Å². The summed E-state index contributed by atoms with van der Waals surface area (Å²) in [5.74, 6) is 0.0724. The lowest BCUT2D eigenvalue weighted by Gasteiger charge is -2.12. The number of fused-ring (bicyclic) bond motifs is 10. The minimum absolute atomic E-state index is 0.0724. The summed E-state index contributed by atoms with van der Waals surface area (Å²) in [5, 5.41) is 5.61. The third-order valence-corrected chi connectivity index (χ3v) is 6.04. The van der Waals surface area contributed by atoms with Crippen molar-refractivity contribution in [3.05, 3.63) is 70.8 Å². The van der Waals surface area contributed by atoms with E-state index in [2.05, 4.69) is 65.3 Å². The summed E-state index contributed by atoms with van der Waals surface area (Å²) in [6, 6.07) is 17.1. The molecule has 1 aliphatic heterocycles. The van der Waals surface area contributed by atoms with E-state index in [1.54, 1.807) is 0 Å². The standard InChI is InChI=1S/C23H18N2O/c1-2-25-18-10-6-5-9-15(18)20-17-12-24-23(26)21(17)19-14-8-4-3-7-13(14)11-16(19)22(20)25/h3-10H,2,11-12H2,1H3,(H,24,26). The molecule has 0 bridgehead atoms. The predicted molar refractivity (Wildman–Crippen MR) is 105 cm³/mol. The molecular weight excluding hydrogens is 320 g/mol. The van der Waals surface area contributed by atoms with Crippen LogP contribution in [0.25, 0.3) is 32.9 Å². The highest BCUT2D eigenvalue weighted by Gasteiger charge is 2.35. The highest BCUT2D eigenvalue weighted by Crippen LogP contribution is 2.48. The van der Waals surface area contributed by atoms with E-state index in [0.29, 0.717) is 6.54 Å². The lowest BCUT2D eigenvalue weighted by Crippen LogP contribution is -2.13. The molecule has 2 heterocycles. The van der Waals surface area contributed by atoms with Gasteiger partial charge in [-0.25, -0.2) is 0 Å². The molecule has 3 nitrogen and oxygen atoms in total. The number of hydrogen-bond donors (Lipinski definition) is 1. The molecule has 0 radical (unpaired) electrons. The first-order valence-electron chi connectivity index (χ1n) is 9.24. The number of benzene rings is 3. The zero-order chi connectivity index (χ0) is 17.4. The zero-order valence-electron chi connectivity index (χ0n) is 14.6. The van der Waals surface area contributed by atoms with Crippen molar-refractivity contribution in [3.8, 4) is 11.1 Å². The quantitative estimate of drug-likeness (QED) is 0.475. The molecule has 0 unspecified atom stereocenters. The van der Waals surface area contributed by atoms with E-state index < -0.39 is 0 Å². The molecule has 2 aliphatic rings. The summed E-state index contributed by atoms with van der Waals surface area (Å²) >= 11 is 0. The third kappa shape index (κ3) is 1.52. The van der Waals surface area contributed by atoms with E-state index in [0.717, 1.165) is 24.1 Å². The van der Waals surface area contributed by atoms with Gasteiger partial charge >= 0.3 is 0 Å². The Morgan fingerprint density at radius 1 is 1.00 bits per heavy atom. The first-order chi connectivity index (χ1) is 12.8. The molecule has 6 rings (SSSR count). The number of carbonyl (C=O) groups excluding carboxylic acids is 1. The van der Waals surface area contributed by atoms with E-state index in [9.17, 15) is 4.79 Å². The Morgan fingerprint density at radius 2 is 1.81 bits per heavy atom. The molecule has 1 aromatic heterocycles. The fourth-order valence-electron chi connectivity index (χ4n) is 5.06. The molecule has 126 valence electrons. The monoisotopic (exact) mass is 338 g/mol. The van der Waals surface area contributed by atoms with Crippen molar-refractivity contribution in [2.24, 2.45) is 0 Å². The maximum atomic E-state index is 12.8. The van der Waals surface area contributed by atoms with Crippen LogP contribution < -0.4 is 5.32 Å². The lowest BCUT2D eigenvalue weighted by molar-refractivity contribution is 0.0966. The van der Waals surface area contributed by atoms with Gasteiger partial charge in [0.05, 0.1) is 11.1 Å². The first-order valence-corrected chi connectivity index (χ1v) is 9.24. The summed E-state index contributed by atoms with van der Waals surface area (Å²) in [7, 11) is 0. The third-order valence-electron chi connectivity index (χ3n) is 6.04. The number of hydrogen-bond acceptors (Lipinski definition) is 1. The van der Waals surface area contributed by atoms with Crippen LogP contribution in [0.3, 0.4) is 0 Å². The molecule has 0 spiro atoms. The van der Waals surface area contributed by atoms with Crippen molar-refractivity contribution < 1.29 is 4.79 Å². The van der Waals surface area contributed by atoms with Crippen LogP contribution >= 0.6 is 0 Å². The van der Waals surface area contributed by atoms with E-state index in [1.165, 1.54) is 44.1 Å². The van der Waals surface area contributed by atoms with Crippen molar-refractivity contribution in [1.29, 1.82) is 0 Å². The van der Waals surface area contributed by atoms with Crippen LogP contribution in [0.2, 0.25) is 0 Å². The maximum absolute atomic E-state index is 12.8. The maximum Gasteiger partial charge on any atom is 0.252 e. The number of nitrogens with one attached hydrogen (secondary N) is 1. The van der Waals surface area contributed by atoms with E-state index in [1.807, 2.05) is 0 Å². The molecule has 3 heteroatoms. The van der Waals surface area contributed by atoms with Crippen LogP contribution in [0.5, 0.6) is 0 Å². The summed E-state index contributed by atoms with van der Waals surface area (Å²) in [6.07, 6.45) is 0.902. The van der Waals surface area contributed by atoms with Gasteiger partial charge in [0, 0.05) is 41.4 Å². The zero-order valence-corrected chi connectivity index (χ0v) is 14.6. The Balaban J connectivity index is 1.91. The smallest absolute Gasteiger partial charge is 0.252 e. The molecule has 0 saturated heterocycles. The van der Waals surface area contributed by atoms with Crippen molar-refractivity contribution in [3.63, 3.8) is 0 Å². The minimum atomic E-state index is 0.0724. The number of nitrogens with zero attached hydrogens (tertiary/aromatic N) is 1. The van der Waals surface area contributed by atoms with E-state index in [4.69, 9.17) is 0 Å². The Morgan fingerprint density at radius 3 is 2.69 bits per heavy atom. The number of amides is 1. The summed E-state index contributed by atoms with van der Waals surface area (Å²) in [5.41, 5.74) is 9.67. The largest absolute Gasteiger partial charge is 0.348 e. The fourth-order valence-corrected chi connectivity index (χ4v) is 5.06. The second-order valence-electron chi connectivity index (χ2n) is 7.21. The van der Waals surface area contributed by atoms with E-state index >= 15 is 0 Å². The van der Waals surface area contributed by atoms with Crippen LogP contribution in [0.15, 0.2) is 48.5 Å². The Bertz CT molecular complexity index is 1260. The summed E-state index contributed by atoms with van der Waals surface area (Å²) < 4.78 is 2.43. The van der Waals surface area contributed by atoms with Gasteiger partial charge in [-0.1, -0.05) is 42.5 Å². The first kappa shape index (κ1) is 14.1. The number of carbonyl (C=O) groups is 1. The SMILES string of the molecule is CCn1c2ccccc2c2c3c(c4c(c21)Cc1ccccc1-4)C(=O)NC3. The molecule has 1 N–H and O–H groups in total. The minimum Gasteiger partial charge on any atom is -0.348 e. The Labute approximate surface area is 151 Å². The van der Waals surface area contributed by atoms with Gasteiger partial charge in [-0.15, -0.1) is 0 Å². The van der Waals surface area contributed by atoms with Gasteiger partial charge in [-0.3, -0.25) is 4.79 Å². The van der Waals surface area contributed by atoms with Crippen molar-refractivity contribution >= 4 is 27.7 Å². The van der Waals surface area contributed by atoms with Gasteiger partial charge in [0.2, 0.25) is 0 Å². The van der Waals surface area contributed by atoms with Gasteiger partial charge in [0.25, 0.3) is 5.91 Å². The van der Waals surface area contributed by atoms with Crippen molar-refractivity contribution in [2.45, 2.75) is 26.4 Å². The highest BCUT2D eigenvalue weighted by atomic mass is 16.1. The molecule has 4 aromatic rings. The van der Waals surface area contributed by atoms with Crippen LogP contribution in [0.1, 0.15) is 34.0 Å². The van der Waals surface area contributed by atoms with Gasteiger partial charge in [0.1, 0.15) is 0 Å². The average molecular weight is 338 g/mol. The van der Waals surface area contributed by atoms with Gasteiger partial charge in [0.15, 0.2) is 0 Å². The number of aromatic nitrogens is 1. The highest BCUT2D eigenvalue weighted by molar-refractivity contribution is 6.20. The summed E-state index contributed by atoms with van der Waals surface area (Å²) in [6.45, 7) is 3.75. The molecule has 0 atom stereocenters. The topological polar surface area (TPSA) is 34.0 Å². The molecule has 3 aromatic carbocycles. The Hall–Kier alpha value is -3.07. The van der Waals surface area contributed by atoms with Crippen LogP contribution in [-0.4, -0.2) is 10.5 Å². The molecule has 1 amide bonds. The lowest BCUT2D eigenvalue weighted by atomic mass is 9.92. The molecule has 1 aliphatic carbocycles. The molecular formula is C23H18N2O. The van der Waals surface area contributed by atoms with E-state index in [-0.39, 0.29) is 5.91 Å². The Kier molecular flexibility index (Phi) is 2.59. The second-order valence-corrected chi connectivity index (χ2v) is 7.21. The molecule has 0 saturated carbocycles.